The molecule has 0 aromatic heterocycles. The van der Waals surface area contributed by atoms with Crippen LogP contribution in [-0.2, 0) is 9.53 Å². The molecule has 3 aromatic carbocycles. The van der Waals surface area contributed by atoms with Gasteiger partial charge < -0.3 is 10.1 Å². The smallest absolute Gasteiger partial charge is 0.221 e. The van der Waals surface area contributed by atoms with Crippen LogP contribution >= 0.6 is 0 Å². The Morgan fingerprint density at radius 3 is 1.93 bits per heavy atom. The van der Waals surface area contributed by atoms with Gasteiger partial charge in [0.25, 0.3) is 0 Å². The minimum atomic E-state index is -0.156. The molecule has 3 aromatic rings. The third-order valence-electron chi connectivity index (χ3n) is 5.10. The molecule has 1 amide bonds. The second kappa shape index (κ2) is 9.86. The van der Waals surface area contributed by atoms with Gasteiger partial charge >= 0.3 is 0 Å². The van der Waals surface area contributed by atoms with Crippen molar-refractivity contribution in [2.45, 2.75) is 25.4 Å². The Morgan fingerprint density at radius 2 is 1.39 bits per heavy atom. The number of benzene rings is 3. The third kappa shape index (κ3) is 5.08. The summed E-state index contributed by atoms with van der Waals surface area (Å²) < 4.78 is 5.63. The van der Waals surface area contributed by atoms with Gasteiger partial charge in [-0.1, -0.05) is 84.9 Å². The lowest BCUT2D eigenvalue weighted by molar-refractivity contribution is -0.121. The maximum atomic E-state index is 12.8. The summed E-state index contributed by atoms with van der Waals surface area (Å²) in [5.41, 5.74) is 4.56. The second-order valence-corrected chi connectivity index (χ2v) is 6.96. The number of ether oxygens (including phenoxy) is 1. The van der Waals surface area contributed by atoms with Crippen molar-refractivity contribution in [1.29, 1.82) is 0 Å². The molecule has 1 N–H and O–H groups in total. The molecule has 0 bridgehead atoms. The van der Waals surface area contributed by atoms with E-state index in [9.17, 15) is 4.79 Å². The fourth-order valence-corrected chi connectivity index (χ4v) is 3.53. The summed E-state index contributed by atoms with van der Waals surface area (Å²) in [5.74, 6) is 0.0511. The molecule has 3 rings (SSSR count). The van der Waals surface area contributed by atoms with Crippen molar-refractivity contribution in [3.63, 3.8) is 0 Å². The molecule has 144 valence electrons. The zero-order valence-corrected chi connectivity index (χ0v) is 16.5. The Kier molecular flexibility index (Phi) is 6.99. The van der Waals surface area contributed by atoms with E-state index < -0.39 is 0 Å². The van der Waals surface area contributed by atoms with Gasteiger partial charge in [-0.25, -0.2) is 0 Å². The van der Waals surface area contributed by atoms with Crippen LogP contribution in [0.2, 0.25) is 0 Å². The van der Waals surface area contributed by atoms with E-state index in [1.54, 1.807) is 7.11 Å². The summed E-state index contributed by atoms with van der Waals surface area (Å²) in [4.78, 5) is 12.8. The van der Waals surface area contributed by atoms with Gasteiger partial charge in [0, 0.05) is 26.0 Å². The monoisotopic (exact) mass is 373 g/mol. The average Bonchev–Trinajstić information content (AvgIpc) is 2.75. The van der Waals surface area contributed by atoms with Crippen LogP contribution in [0.3, 0.4) is 0 Å². The average molecular weight is 373 g/mol. The van der Waals surface area contributed by atoms with E-state index in [1.807, 2.05) is 54.6 Å². The van der Waals surface area contributed by atoms with Gasteiger partial charge in [0.1, 0.15) is 0 Å². The topological polar surface area (TPSA) is 38.3 Å². The first-order chi connectivity index (χ1) is 13.7. The lowest BCUT2D eigenvalue weighted by atomic mass is 9.88. The first-order valence-electron chi connectivity index (χ1n) is 9.64. The number of methoxy groups -OCH3 is 1. The molecule has 0 aliphatic carbocycles. The van der Waals surface area contributed by atoms with E-state index in [0.717, 1.165) is 22.3 Å². The summed E-state index contributed by atoms with van der Waals surface area (Å²) in [6, 6.07) is 28.5. The molecule has 0 aliphatic heterocycles. The van der Waals surface area contributed by atoms with Gasteiger partial charge in [0.05, 0.1) is 6.10 Å². The minimum Gasteiger partial charge on any atom is -0.375 e. The summed E-state index contributed by atoms with van der Waals surface area (Å²) >= 11 is 0. The number of hydrogen-bond acceptors (Lipinski definition) is 2. The van der Waals surface area contributed by atoms with Crippen LogP contribution in [0.1, 0.15) is 40.7 Å². The molecule has 1 atom stereocenters. The summed E-state index contributed by atoms with van der Waals surface area (Å²) in [7, 11) is 1.68. The fourth-order valence-electron chi connectivity index (χ4n) is 3.53. The largest absolute Gasteiger partial charge is 0.375 e. The van der Waals surface area contributed by atoms with Crippen molar-refractivity contribution < 1.29 is 9.53 Å². The summed E-state index contributed by atoms with van der Waals surface area (Å²) in [5, 5.41) is 3.07. The quantitative estimate of drug-likeness (QED) is 0.602. The molecule has 0 saturated heterocycles. The van der Waals surface area contributed by atoms with Crippen molar-refractivity contribution in [3.8, 4) is 0 Å². The molecular weight excluding hydrogens is 346 g/mol. The van der Waals surface area contributed by atoms with Crippen molar-refractivity contribution in [3.05, 3.63) is 107 Å². The van der Waals surface area contributed by atoms with E-state index in [2.05, 4.69) is 42.6 Å². The first kappa shape index (κ1) is 19.8. The zero-order chi connectivity index (χ0) is 19.8. The Balaban J connectivity index is 1.70. The first-order valence-corrected chi connectivity index (χ1v) is 9.64. The van der Waals surface area contributed by atoms with Crippen LogP contribution in [0.4, 0.5) is 0 Å². The highest BCUT2D eigenvalue weighted by atomic mass is 16.5. The van der Waals surface area contributed by atoms with E-state index in [0.29, 0.717) is 13.0 Å². The van der Waals surface area contributed by atoms with Crippen molar-refractivity contribution >= 4 is 5.91 Å². The van der Waals surface area contributed by atoms with Crippen LogP contribution < -0.4 is 5.32 Å². The molecule has 28 heavy (non-hydrogen) atoms. The maximum Gasteiger partial charge on any atom is 0.221 e. The SMILES string of the molecule is COC(CNC(=O)CC(c1ccccc1)c1ccccc1)c1ccccc1C. The number of aryl methyl sites for hydroxylation is 1. The molecule has 0 spiro atoms. The molecule has 0 fully saturated rings. The van der Waals surface area contributed by atoms with E-state index in [-0.39, 0.29) is 17.9 Å². The van der Waals surface area contributed by atoms with Crippen LogP contribution in [0, 0.1) is 6.92 Å². The van der Waals surface area contributed by atoms with E-state index in [4.69, 9.17) is 4.74 Å². The number of amides is 1. The van der Waals surface area contributed by atoms with Crippen molar-refractivity contribution in [1.82, 2.24) is 5.32 Å². The Hall–Kier alpha value is -2.91. The molecule has 3 heteroatoms. The Labute approximate surface area is 167 Å². The van der Waals surface area contributed by atoms with Gasteiger partial charge in [-0.2, -0.15) is 0 Å². The predicted octanol–water partition coefficient (Wildman–Crippen LogP) is 5.02. The predicted molar refractivity (Wildman–Crippen MR) is 113 cm³/mol. The second-order valence-electron chi connectivity index (χ2n) is 6.96. The van der Waals surface area contributed by atoms with Gasteiger partial charge in [-0.05, 0) is 29.2 Å². The van der Waals surface area contributed by atoms with E-state index >= 15 is 0 Å². The van der Waals surface area contributed by atoms with Gasteiger partial charge in [-0.3, -0.25) is 4.79 Å². The highest BCUT2D eigenvalue weighted by molar-refractivity contribution is 5.77. The number of hydrogen-bond donors (Lipinski definition) is 1. The van der Waals surface area contributed by atoms with Gasteiger partial charge in [0.15, 0.2) is 0 Å². The molecule has 0 heterocycles. The standard InChI is InChI=1S/C25H27NO2/c1-19-11-9-10-16-22(19)24(28-2)18-26-25(27)17-23(20-12-5-3-6-13-20)21-14-7-4-8-15-21/h3-16,23-24H,17-18H2,1-2H3,(H,26,27). The molecule has 0 aliphatic rings. The maximum absolute atomic E-state index is 12.8. The third-order valence-corrected chi connectivity index (χ3v) is 5.10. The number of carbonyl (C=O) groups is 1. The van der Waals surface area contributed by atoms with Crippen LogP contribution in [0.5, 0.6) is 0 Å². The zero-order valence-electron chi connectivity index (χ0n) is 16.5. The minimum absolute atomic E-state index is 0.0216. The summed E-state index contributed by atoms with van der Waals surface area (Å²) in [6.07, 6.45) is 0.246. The number of nitrogens with one attached hydrogen (secondary N) is 1. The highest BCUT2D eigenvalue weighted by Gasteiger charge is 2.19. The van der Waals surface area contributed by atoms with Crippen LogP contribution in [0.25, 0.3) is 0 Å². The molecule has 3 nitrogen and oxygen atoms in total. The summed E-state index contributed by atoms with van der Waals surface area (Å²) in [6.45, 7) is 2.51. The normalized spacial score (nSPS) is 12.0. The Bertz CT molecular complexity index is 838. The number of carbonyl (C=O) groups excluding carboxylic acids is 1. The molecule has 1 unspecified atom stereocenters. The molecular formula is C25H27NO2. The highest BCUT2D eigenvalue weighted by Crippen LogP contribution is 2.28. The lowest BCUT2D eigenvalue weighted by Crippen LogP contribution is -2.30. The fraction of sp³-hybridized carbons (Fsp3) is 0.240. The number of rotatable bonds is 8. The van der Waals surface area contributed by atoms with Crippen LogP contribution in [0.15, 0.2) is 84.9 Å². The van der Waals surface area contributed by atoms with E-state index in [1.165, 1.54) is 0 Å². The Morgan fingerprint density at radius 1 is 0.857 bits per heavy atom. The lowest BCUT2D eigenvalue weighted by Gasteiger charge is -2.21. The van der Waals surface area contributed by atoms with Crippen molar-refractivity contribution in [2.75, 3.05) is 13.7 Å². The van der Waals surface area contributed by atoms with Crippen molar-refractivity contribution in [2.24, 2.45) is 0 Å². The molecule has 0 saturated carbocycles. The van der Waals surface area contributed by atoms with Gasteiger partial charge in [-0.15, -0.1) is 0 Å². The van der Waals surface area contributed by atoms with Crippen LogP contribution in [-0.4, -0.2) is 19.6 Å². The van der Waals surface area contributed by atoms with Gasteiger partial charge in [0.2, 0.25) is 5.91 Å². The molecule has 0 radical (unpaired) electrons.